The molecular weight excluding hydrogens is 554 g/mol. The van der Waals surface area contributed by atoms with Crippen molar-refractivity contribution in [2.75, 3.05) is 26.8 Å². The minimum Gasteiger partial charge on any atom is -0.480 e. The number of ether oxygens (including phenoxy) is 2. The molecule has 3 amide bonds. The number of fused-ring (bicyclic) bond motifs is 1. The zero-order valence-electron chi connectivity index (χ0n) is 23.6. The number of amides is 3. The molecule has 4 aromatic rings. The van der Waals surface area contributed by atoms with Gasteiger partial charge in [-0.25, -0.2) is 14.6 Å². The maximum atomic E-state index is 12.7. The first-order valence-electron chi connectivity index (χ1n) is 13.6. The van der Waals surface area contributed by atoms with Gasteiger partial charge in [0.25, 0.3) is 5.91 Å². The summed E-state index contributed by atoms with van der Waals surface area (Å²) in [6, 6.07) is 21.9. The number of hydrogen-bond donors (Lipinski definition) is 4. The fourth-order valence-electron chi connectivity index (χ4n) is 4.26. The second kappa shape index (κ2) is 15.1. The topological polar surface area (TPSA) is 163 Å². The first-order chi connectivity index (χ1) is 20.8. The van der Waals surface area contributed by atoms with E-state index >= 15 is 0 Å². The maximum absolute atomic E-state index is 12.7. The van der Waals surface area contributed by atoms with E-state index in [4.69, 9.17) is 9.47 Å². The van der Waals surface area contributed by atoms with Crippen LogP contribution in [0.25, 0.3) is 11.0 Å². The number of H-pyrrole nitrogens is 1. The van der Waals surface area contributed by atoms with E-state index in [9.17, 15) is 24.3 Å². The van der Waals surface area contributed by atoms with Crippen molar-refractivity contribution in [3.8, 4) is 0 Å². The Kier molecular flexibility index (Phi) is 10.8. The Morgan fingerprint density at radius 3 is 2.37 bits per heavy atom. The lowest BCUT2D eigenvalue weighted by Crippen LogP contribution is -2.48. The number of para-hydroxylation sites is 2. The smallest absolute Gasteiger partial charge is 0.408 e. The van der Waals surface area contributed by atoms with Gasteiger partial charge in [0.2, 0.25) is 5.91 Å². The molecule has 0 aliphatic heterocycles. The number of carbonyl (C=O) groups excluding carboxylic acids is 3. The number of aromatic amines is 1. The SMILES string of the molecule is COCC(=O)N(CCc1nc2ccccc2[nH]1)Cc1ccc(C(=O)NCC(NC(=O)OCc2ccccc2)C(=O)O)cc1. The number of aliphatic carboxylic acids is 1. The molecule has 0 aliphatic rings. The van der Waals surface area contributed by atoms with Gasteiger partial charge in [-0.05, 0) is 35.4 Å². The quantitative estimate of drug-likeness (QED) is 0.175. The first kappa shape index (κ1) is 30.7. The number of methoxy groups -OCH3 is 1. The van der Waals surface area contributed by atoms with Crippen LogP contribution in [0.1, 0.15) is 27.3 Å². The van der Waals surface area contributed by atoms with Crippen molar-refractivity contribution in [3.63, 3.8) is 0 Å². The molecule has 0 saturated heterocycles. The Hall–Kier alpha value is -5.23. The summed E-state index contributed by atoms with van der Waals surface area (Å²) in [4.78, 5) is 58.6. The molecule has 3 aromatic carbocycles. The highest BCUT2D eigenvalue weighted by Gasteiger charge is 2.22. The zero-order chi connectivity index (χ0) is 30.6. The largest absolute Gasteiger partial charge is 0.480 e. The number of hydrogen-bond acceptors (Lipinski definition) is 7. The number of rotatable bonds is 14. The Morgan fingerprint density at radius 1 is 0.953 bits per heavy atom. The summed E-state index contributed by atoms with van der Waals surface area (Å²) in [6.07, 6.45) is -0.397. The van der Waals surface area contributed by atoms with Crippen LogP contribution in [-0.4, -0.2) is 76.7 Å². The number of nitrogens with one attached hydrogen (secondary N) is 3. The lowest BCUT2D eigenvalue weighted by atomic mass is 10.1. The van der Waals surface area contributed by atoms with E-state index in [2.05, 4.69) is 20.6 Å². The molecule has 0 spiro atoms. The molecule has 43 heavy (non-hydrogen) atoms. The fraction of sp³-hybridized carbons (Fsp3) is 0.258. The van der Waals surface area contributed by atoms with Gasteiger partial charge in [-0.2, -0.15) is 0 Å². The van der Waals surface area contributed by atoms with E-state index < -0.39 is 24.0 Å². The molecule has 1 aromatic heterocycles. The Bertz CT molecular complexity index is 1510. The molecule has 0 bridgehead atoms. The first-order valence-corrected chi connectivity index (χ1v) is 13.6. The predicted octanol–water partition coefficient (Wildman–Crippen LogP) is 2.89. The van der Waals surface area contributed by atoms with Gasteiger partial charge in [0.1, 0.15) is 25.1 Å². The molecular formula is C31H33N5O7. The summed E-state index contributed by atoms with van der Waals surface area (Å²) in [7, 11) is 1.46. The van der Waals surface area contributed by atoms with E-state index in [1.54, 1.807) is 53.4 Å². The maximum Gasteiger partial charge on any atom is 0.408 e. The Labute approximate surface area is 248 Å². The number of imidazole rings is 1. The van der Waals surface area contributed by atoms with Crippen molar-refractivity contribution in [2.45, 2.75) is 25.6 Å². The van der Waals surface area contributed by atoms with Crippen molar-refractivity contribution in [2.24, 2.45) is 0 Å². The van der Waals surface area contributed by atoms with E-state index in [1.807, 2.05) is 30.3 Å². The third-order valence-corrected chi connectivity index (χ3v) is 6.54. The van der Waals surface area contributed by atoms with Gasteiger partial charge in [0, 0.05) is 38.7 Å². The predicted molar refractivity (Wildman–Crippen MR) is 157 cm³/mol. The van der Waals surface area contributed by atoms with Crippen LogP contribution in [0.2, 0.25) is 0 Å². The monoisotopic (exact) mass is 587 g/mol. The second-order valence-corrected chi connectivity index (χ2v) is 9.70. The Morgan fingerprint density at radius 2 is 1.67 bits per heavy atom. The van der Waals surface area contributed by atoms with E-state index in [0.29, 0.717) is 19.5 Å². The van der Waals surface area contributed by atoms with Gasteiger partial charge in [-0.3, -0.25) is 9.59 Å². The van der Waals surface area contributed by atoms with Crippen LogP contribution in [0.5, 0.6) is 0 Å². The van der Waals surface area contributed by atoms with Gasteiger partial charge < -0.3 is 35.1 Å². The number of carboxylic acids is 1. The highest BCUT2D eigenvalue weighted by Crippen LogP contribution is 2.13. The van der Waals surface area contributed by atoms with E-state index in [-0.39, 0.29) is 31.2 Å². The Balaban J connectivity index is 1.29. The van der Waals surface area contributed by atoms with Gasteiger partial charge in [-0.15, -0.1) is 0 Å². The van der Waals surface area contributed by atoms with E-state index in [0.717, 1.165) is 28.0 Å². The molecule has 4 rings (SSSR count). The highest BCUT2D eigenvalue weighted by molar-refractivity contribution is 5.94. The molecule has 1 heterocycles. The van der Waals surface area contributed by atoms with Crippen molar-refractivity contribution in [3.05, 3.63) is 101 Å². The van der Waals surface area contributed by atoms with Crippen LogP contribution < -0.4 is 10.6 Å². The van der Waals surface area contributed by atoms with Crippen molar-refractivity contribution in [1.29, 1.82) is 0 Å². The summed E-state index contributed by atoms with van der Waals surface area (Å²) < 4.78 is 10.1. The summed E-state index contributed by atoms with van der Waals surface area (Å²) in [6.45, 7) is 0.255. The van der Waals surface area contributed by atoms with Crippen LogP contribution in [0.15, 0.2) is 78.9 Å². The van der Waals surface area contributed by atoms with Crippen LogP contribution >= 0.6 is 0 Å². The van der Waals surface area contributed by atoms with Crippen molar-refractivity contribution >= 4 is 34.9 Å². The van der Waals surface area contributed by atoms with E-state index in [1.165, 1.54) is 7.11 Å². The van der Waals surface area contributed by atoms with Gasteiger partial charge in [-0.1, -0.05) is 54.6 Å². The second-order valence-electron chi connectivity index (χ2n) is 9.70. The van der Waals surface area contributed by atoms with Gasteiger partial charge >= 0.3 is 12.1 Å². The average Bonchev–Trinajstić information content (AvgIpc) is 3.44. The van der Waals surface area contributed by atoms with Crippen LogP contribution in [-0.2, 0) is 38.6 Å². The number of nitrogens with zero attached hydrogens (tertiary/aromatic N) is 2. The highest BCUT2D eigenvalue weighted by atomic mass is 16.5. The van der Waals surface area contributed by atoms with Crippen LogP contribution in [0.4, 0.5) is 4.79 Å². The summed E-state index contributed by atoms with van der Waals surface area (Å²) in [5.41, 5.74) is 3.61. The molecule has 1 atom stereocenters. The molecule has 1 unspecified atom stereocenters. The summed E-state index contributed by atoms with van der Waals surface area (Å²) in [5.74, 6) is -1.26. The fourth-order valence-corrected chi connectivity index (χ4v) is 4.26. The van der Waals surface area contributed by atoms with Crippen molar-refractivity contribution < 1.29 is 33.8 Å². The molecule has 0 radical (unpaired) electrons. The number of carboxylic acid groups (broad SMARTS) is 1. The lowest BCUT2D eigenvalue weighted by Gasteiger charge is -2.22. The number of alkyl carbamates (subject to hydrolysis) is 1. The number of aromatic nitrogens is 2. The summed E-state index contributed by atoms with van der Waals surface area (Å²) in [5, 5.41) is 14.2. The van der Waals surface area contributed by atoms with Crippen molar-refractivity contribution in [1.82, 2.24) is 25.5 Å². The van der Waals surface area contributed by atoms with Gasteiger partial charge in [0.15, 0.2) is 0 Å². The number of benzene rings is 3. The number of carbonyl (C=O) groups is 4. The third-order valence-electron chi connectivity index (χ3n) is 6.54. The third kappa shape index (κ3) is 9.13. The minimum atomic E-state index is -1.39. The molecule has 0 saturated carbocycles. The summed E-state index contributed by atoms with van der Waals surface area (Å²) >= 11 is 0. The molecule has 4 N–H and O–H groups in total. The standard InChI is InChI=1S/C31H33N5O7/c1-42-20-28(37)36(16-15-27-33-24-9-5-6-10-25(24)34-27)18-21-11-13-23(14-12-21)29(38)32-17-26(30(39)40)35-31(41)43-19-22-7-3-2-4-8-22/h2-14,26H,15-20H2,1H3,(H,32,38)(H,33,34)(H,35,41)(H,39,40). The average molecular weight is 588 g/mol. The molecule has 224 valence electrons. The molecule has 12 heteroatoms. The zero-order valence-corrected chi connectivity index (χ0v) is 23.6. The van der Waals surface area contributed by atoms with Crippen LogP contribution in [0.3, 0.4) is 0 Å². The minimum absolute atomic E-state index is 0.0217. The lowest BCUT2D eigenvalue weighted by molar-refractivity contribution is -0.139. The molecule has 0 fully saturated rings. The molecule has 0 aliphatic carbocycles. The molecule has 12 nitrogen and oxygen atoms in total. The normalized spacial score (nSPS) is 11.5. The van der Waals surface area contributed by atoms with Crippen LogP contribution in [0, 0.1) is 0 Å². The van der Waals surface area contributed by atoms with Gasteiger partial charge in [0.05, 0.1) is 11.0 Å².